The van der Waals surface area contributed by atoms with Crippen LogP contribution in [0, 0.1) is 6.92 Å². The van der Waals surface area contributed by atoms with Gasteiger partial charge in [-0.15, -0.1) is 0 Å². The van der Waals surface area contributed by atoms with E-state index < -0.39 is 6.04 Å². The summed E-state index contributed by atoms with van der Waals surface area (Å²) in [4.78, 5) is 28.5. The Bertz CT molecular complexity index is 975. The van der Waals surface area contributed by atoms with Gasteiger partial charge in [0.1, 0.15) is 11.9 Å². The number of benzene rings is 1. The number of aryl methyl sites for hydroxylation is 1. The summed E-state index contributed by atoms with van der Waals surface area (Å²) in [6.07, 6.45) is 4.02. The Balaban J connectivity index is 1.60. The van der Waals surface area contributed by atoms with Gasteiger partial charge in [-0.2, -0.15) is 0 Å². The van der Waals surface area contributed by atoms with Gasteiger partial charge in [0.2, 0.25) is 5.91 Å². The molecule has 1 aromatic carbocycles. The van der Waals surface area contributed by atoms with Crippen LogP contribution in [0.5, 0.6) is 0 Å². The van der Waals surface area contributed by atoms with E-state index in [0.29, 0.717) is 44.4 Å². The average Bonchev–Trinajstić information content (AvgIpc) is 2.80. The Morgan fingerprint density at radius 2 is 1.93 bits per heavy atom. The average molecular weight is 403 g/mol. The highest BCUT2D eigenvalue weighted by atomic mass is 16.5. The predicted octanol–water partition coefficient (Wildman–Crippen LogP) is 2.73. The SMILES string of the molecule is Cc1cc(NC(Cc2ccccc2)C(=O)N2CCOCC2)nc(-c2cccnc2)n1. The van der Waals surface area contributed by atoms with Gasteiger partial charge in [-0.3, -0.25) is 9.78 Å². The maximum atomic E-state index is 13.3. The summed E-state index contributed by atoms with van der Waals surface area (Å²) in [6, 6.07) is 15.2. The summed E-state index contributed by atoms with van der Waals surface area (Å²) in [5, 5.41) is 3.37. The standard InChI is InChI=1S/C23H25N5O2/c1-17-14-21(27-22(25-17)19-8-5-9-24-16-19)26-20(15-18-6-3-2-4-7-18)23(29)28-10-12-30-13-11-28/h2-9,14,16,20H,10-13,15H2,1H3,(H,25,26,27). The molecule has 4 rings (SSSR count). The van der Waals surface area contributed by atoms with E-state index >= 15 is 0 Å². The number of ether oxygens (including phenoxy) is 1. The van der Waals surface area contributed by atoms with E-state index in [-0.39, 0.29) is 5.91 Å². The number of amides is 1. The summed E-state index contributed by atoms with van der Waals surface area (Å²) in [5.41, 5.74) is 2.75. The van der Waals surface area contributed by atoms with Crippen molar-refractivity contribution in [2.45, 2.75) is 19.4 Å². The molecule has 1 fully saturated rings. The lowest BCUT2D eigenvalue weighted by molar-refractivity contribution is -0.136. The zero-order chi connectivity index (χ0) is 20.8. The van der Waals surface area contributed by atoms with Gasteiger partial charge in [0, 0.05) is 49.2 Å². The van der Waals surface area contributed by atoms with E-state index in [2.05, 4.69) is 20.3 Å². The fourth-order valence-corrected chi connectivity index (χ4v) is 3.50. The first-order valence-electron chi connectivity index (χ1n) is 10.1. The highest BCUT2D eigenvalue weighted by Gasteiger charge is 2.26. The summed E-state index contributed by atoms with van der Waals surface area (Å²) in [5.74, 6) is 1.27. The van der Waals surface area contributed by atoms with Crippen LogP contribution in [0.3, 0.4) is 0 Å². The molecule has 0 aliphatic carbocycles. The Morgan fingerprint density at radius 1 is 1.13 bits per heavy atom. The van der Waals surface area contributed by atoms with E-state index in [1.165, 1.54) is 0 Å². The first-order chi connectivity index (χ1) is 14.7. The number of nitrogens with zero attached hydrogens (tertiary/aromatic N) is 4. The number of carbonyl (C=O) groups excluding carboxylic acids is 1. The summed E-state index contributed by atoms with van der Waals surface area (Å²) >= 11 is 0. The normalized spacial score (nSPS) is 14.9. The first kappa shape index (κ1) is 20.0. The number of hydrogen-bond donors (Lipinski definition) is 1. The molecule has 154 valence electrons. The predicted molar refractivity (Wildman–Crippen MR) is 115 cm³/mol. The van der Waals surface area contributed by atoms with E-state index in [9.17, 15) is 4.79 Å². The van der Waals surface area contributed by atoms with Crippen LogP contribution in [0.1, 0.15) is 11.3 Å². The van der Waals surface area contributed by atoms with Crippen molar-refractivity contribution >= 4 is 11.7 Å². The minimum absolute atomic E-state index is 0.0568. The van der Waals surface area contributed by atoms with Gasteiger partial charge < -0.3 is 15.0 Å². The molecule has 30 heavy (non-hydrogen) atoms. The molecular weight excluding hydrogens is 378 g/mol. The van der Waals surface area contributed by atoms with Crippen molar-refractivity contribution in [2.24, 2.45) is 0 Å². The molecule has 1 atom stereocenters. The number of pyridine rings is 1. The third-order valence-corrected chi connectivity index (χ3v) is 5.00. The highest BCUT2D eigenvalue weighted by Crippen LogP contribution is 2.19. The number of morpholine rings is 1. The van der Waals surface area contributed by atoms with Crippen LogP contribution in [-0.4, -0.2) is 58.1 Å². The van der Waals surface area contributed by atoms with Crippen LogP contribution in [-0.2, 0) is 16.0 Å². The number of rotatable bonds is 6. The third-order valence-electron chi connectivity index (χ3n) is 5.00. The highest BCUT2D eigenvalue weighted by molar-refractivity contribution is 5.85. The monoisotopic (exact) mass is 403 g/mol. The Labute approximate surface area is 176 Å². The van der Waals surface area contributed by atoms with Crippen molar-refractivity contribution in [3.8, 4) is 11.4 Å². The van der Waals surface area contributed by atoms with Gasteiger partial charge in [0.25, 0.3) is 0 Å². The lowest BCUT2D eigenvalue weighted by atomic mass is 10.0. The number of hydrogen-bond acceptors (Lipinski definition) is 6. The zero-order valence-corrected chi connectivity index (χ0v) is 17.0. The van der Waals surface area contributed by atoms with Gasteiger partial charge >= 0.3 is 0 Å². The minimum Gasteiger partial charge on any atom is -0.378 e. The van der Waals surface area contributed by atoms with Crippen molar-refractivity contribution < 1.29 is 9.53 Å². The smallest absolute Gasteiger partial charge is 0.245 e. The lowest BCUT2D eigenvalue weighted by Gasteiger charge is -2.31. The van der Waals surface area contributed by atoms with Crippen LogP contribution in [0.15, 0.2) is 60.9 Å². The second kappa shape index (κ2) is 9.45. The maximum Gasteiger partial charge on any atom is 0.245 e. The van der Waals surface area contributed by atoms with E-state index in [4.69, 9.17) is 4.74 Å². The molecule has 0 bridgehead atoms. The molecule has 1 amide bonds. The van der Waals surface area contributed by atoms with Crippen molar-refractivity contribution in [1.29, 1.82) is 0 Å². The molecule has 2 aromatic heterocycles. The molecule has 7 nitrogen and oxygen atoms in total. The lowest BCUT2D eigenvalue weighted by Crippen LogP contribution is -2.48. The molecule has 1 saturated heterocycles. The molecule has 3 heterocycles. The Hall–Kier alpha value is -3.32. The van der Waals surface area contributed by atoms with Crippen LogP contribution in [0.4, 0.5) is 5.82 Å². The molecule has 0 spiro atoms. The maximum absolute atomic E-state index is 13.3. The number of carbonyl (C=O) groups is 1. The molecule has 0 saturated carbocycles. The molecule has 1 aliphatic rings. The molecular formula is C23H25N5O2. The molecule has 7 heteroatoms. The van der Waals surface area contributed by atoms with Gasteiger partial charge in [0.15, 0.2) is 5.82 Å². The second-order valence-corrected chi connectivity index (χ2v) is 7.28. The van der Waals surface area contributed by atoms with Crippen molar-refractivity contribution in [3.63, 3.8) is 0 Å². The quantitative estimate of drug-likeness (QED) is 0.682. The number of anilines is 1. The van der Waals surface area contributed by atoms with Crippen LogP contribution >= 0.6 is 0 Å². The topological polar surface area (TPSA) is 80.2 Å². The summed E-state index contributed by atoms with van der Waals surface area (Å²) < 4.78 is 5.41. The van der Waals surface area contributed by atoms with Crippen LogP contribution < -0.4 is 5.32 Å². The molecule has 1 unspecified atom stereocenters. The molecule has 0 radical (unpaired) electrons. The zero-order valence-electron chi connectivity index (χ0n) is 17.0. The van der Waals surface area contributed by atoms with E-state index in [1.54, 1.807) is 12.4 Å². The van der Waals surface area contributed by atoms with Crippen LogP contribution in [0.25, 0.3) is 11.4 Å². The third kappa shape index (κ3) is 4.99. The van der Waals surface area contributed by atoms with Crippen molar-refractivity contribution in [1.82, 2.24) is 19.9 Å². The van der Waals surface area contributed by atoms with Gasteiger partial charge in [-0.05, 0) is 24.6 Å². The second-order valence-electron chi connectivity index (χ2n) is 7.28. The fraction of sp³-hybridized carbons (Fsp3) is 0.304. The van der Waals surface area contributed by atoms with Crippen molar-refractivity contribution in [2.75, 3.05) is 31.6 Å². The summed E-state index contributed by atoms with van der Waals surface area (Å²) in [7, 11) is 0. The van der Waals surface area contributed by atoms with Gasteiger partial charge in [-0.25, -0.2) is 9.97 Å². The molecule has 1 N–H and O–H groups in total. The fourth-order valence-electron chi connectivity index (χ4n) is 3.50. The largest absolute Gasteiger partial charge is 0.378 e. The Kier molecular flexibility index (Phi) is 6.29. The van der Waals surface area contributed by atoms with E-state index in [0.717, 1.165) is 16.8 Å². The van der Waals surface area contributed by atoms with Gasteiger partial charge in [-0.1, -0.05) is 30.3 Å². The van der Waals surface area contributed by atoms with Crippen molar-refractivity contribution in [3.05, 3.63) is 72.2 Å². The molecule has 1 aliphatic heterocycles. The number of nitrogens with one attached hydrogen (secondary N) is 1. The summed E-state index contributed by atoms with van der Waals surface area (Å²) in [6.45, 7) is 4.27. The van der Waals surface area contributed by atoms with E-state index in [1.807, 2.05) is 60.4 Å². The first-order valence-corrected chi connectivity index (χ1v) is 10.1. The number of aromatic nitrogens is 3. The minimum atomic E-state index is -0.429. The molecule has 3 aromatic rings. The van der Waals surface area contributed by atoms with Crippen LogP contribution in [0.2, 0.25) is 0 Å². The Morgan fingerprint density at radius 3 is 2.67 bits per heavy atom. The van der Waals surface area contributed by atoms with Gasteiger partial charge in [0.05, 0.1) is 13.2 Å².